The fourth-order valence-corrected chi connectivity index (χ4v) is 2.03. The summed E-state index contributed by atoms with van der Waals surface area (Å²) in [5.41, 5.74) is 3.91. The SMILES string of the molecule is Cc1cc(C)c(-c2nc(Cl)ncc2[N+](=O)[O-])cc1C. The van der Waals surface area contributed by atoms with Crippen molar-refractivity contribution in [2.24, 2.45) is 0 Å². The smallest absolute Gasteiger partial charge is 0.258 e. The zero-order valence-corrected chi connectivity index (χ0v) is 11.5. The van der Waals surface area contributed by atoms with Crippen molar-refractivity contribution in [3.63, 3.8) is 0 Å². The molecule has 5 nitrogen and oxygen atoms in total. The van der Waals surface area contributed by atoms with Gasteiger partial charge in [-0.25, -0.2) is 9.97 Å². The van der Waals surface area contributed by atoms with E-state index in [2.05, 4.69) is 9.97 Å². The van der Waals surface area contributed by atoms with Crippen LogP contribution in [-0.2, 0) is 0 Å². The molecule has 0 spiro atoms. The van der Waals surface area contributed by atoms with Crippen molar-refractivity contribution in [1.82, 2.24) is 9.97 Å². The Balaban J connectivity index is 2.74. The first-order valence-electron chi connectivity index (χ1n) is 5.65. The number of nitro groups is 1. The fraction of sp³-hybridized carbons (Fsp3) is 0.231. The van der Waals surface area contributed by atoms with Gasteiger partial charge in [0.1, 0.15) is 6.20 Å². The third-order valence-corrected chi connectivity index (χ3v) is 3.21. The maximum atomic E-state index is 11.1. The highest BCUT2D eigenvalue weighted by atomic mass is 35.5. The van der Waals surface area contributed by atoms with Crippen LogP contribution in [0.3, 0.4) is 0 Å². The quantitative estimate of drug-likeness (QED) is 0.477. The van der Waals surface area contributed by atoms with Crippen molar-refractivity contribution in [2.45, 2.75) is 20.8 Å². The average Bonchev–Trinajstić information content (AvgIpc) is 2.33. The highest BCUT2D eigenvalue weighted by Gasteiger charge is 2.20. The van der Waals surface area contributed by atoms with Gasteiger partial charge in [0, 0.05) is 5.56 Å². The topological polar surface area (TPSA) is 68.9 Å². The lowest BCUT2D eigenvalue weighted by molar-refractivity contribution is -0.384. The van der Waals surface area contributed by atoms with Crippen molar-refractivity contribution in [3.05, 3.63) is 50.4 Å². The van der Waals surface area contributed by atoms with Gasteiger partial charge in [0.2, 0.25) is 5.28 Å². The summed E-state index contributed by atoms with van der Waals surface area (Å²) in [6.07, 6.45) is 1.14. The molecule has 0 radical (unpaired) electrons. The first-order chi connectivity index (χ1) is 8.90. The Bertz CT molecular complexity index is 671. The van der Waals surface area contributed by atoms with E-state index in [0.29, 0.717) is 5.56 Å². The minimum atomic E-state index is -0.500. The van der Waals surface area contributed by atoms with E-state index in [4.69, 9.17) is 11.6 Å². The summed E-state index contributed by atoms with van der Waals surface area (Å²) in [6.45, 7) is 5.84. The molecular formula is C13H12ClN3O2. The van der Waals surface area contributed by atoms with Crippen molar-refractivity contribution in [3.8, 4) is 11.3 Å². The molecule has 0 aliphatic carbocycles. The van der Waals surface area contributed by atoms with Gasteiger partial charge in [0.25, 0.3) is 0 Å². The first kappa shape index (κ1) is 13.4. The summed E-state index contributed by atoms with van der Waals surface area (Å²) in [5, 5.41) is 11.1. The molecule has 0 bridgehead atoms. The highest BCUT2D eigenvalue weighted by Crippen LogP contribution is 2.32. The standard InChI is InChI=1S/C13H12ClN3O2/c1-7-4-9(3)10(5-8(7)2)12-11(17(18)19)6-15-13(14)16-12/h4-6H,1-3H3. The summed E-state index contributed by atoms with van der Waals surface area (Å²) < 4.78 is 0. The van der Waals surface area contributed by atoms with Crippen LogP contribution >= 0.6 is 11.6 Å². The number of hydrogen-bond acceptors (Lipinski definition) is 4. The normalized spacial score (nSPS) is 10.5. The van der Waals surface area contributed by atoms with E-state index >= 15 is 0 Å². The van der Waals surface area contributed by atoms with Crippen LogP contribution in [0, 0.1) is 30.9 Å². The molecule has 2 aromatic rings. The summed E-state index contributed by atoms with van der Waals surface area (Å²) >= 11 is 5.75. The molecule has 0 unspecified atom stereocenters. The van der Waals surface area contributed by atoms with Gasteiger partial charge in [0.15, 0.2) is 5.69 Å². The first-order valence-corrected chi connectivity index (χ1v) is 6.03. The van der Waals surface area contributed by atoms with Crippen LogP contribution in [0.25, 0.3) is 11.3 Å². The molecule has 0 N–H and O–H groups in total. The Morgan fingerprint density at radius 3 is 2.42 bits per heavy atom. The Hall–Kier alpha value is -2.01. The lowest BCUT2D eigenvalue weighted by Gasteiger charge is -2.09. The Morgan fingerprint density at radius 2 is 1.79 bits per heavy atom. The molecule has 0 atom stereocenters. The molecular weight excluding hydrogens is 266 g/mol. The van der Waals surface area contributed by atoms with Crippen LogP contribution in [-0.4, -0.2) is 14.9 Å². The van der Waals surface area contributed by atoms with Crippen LogP contribution in [0.15, 0.2) is 18.3 Å². The van der Waals surface area contributed by atoms with E-state index in [1.54, 1.807) is 0 Å². The summed E-state index contributed by atoms with van der Waals surface area (Å²) in [7, 11) is 0. The fourth-order valence-electron chi connectivity index (χ4n) is 1.90. The number of nitrogens with zero attached hydrogens (tertiary/aromatic N) is 3. The minimum absolute atomic E-state index is 0.00164. The molecule has 19 heavy (non-hydrogen) atoms. The molecule has 1 aromatic heterocycles. The monoisotopic (exact) mass is 277 g/mol. The molecule has 0 aliphatic heterocycles. The van der Waals surface area contributed by atoms with Gasteiger partial charge < -0.3 is 0 Å². The Morgan fingerprint density at radius 1 is 1.16 bits per heavy atom. The third kappa shape index (κ3) is 2.56. The zero-order valence-electron chi connectivity index (χ0n) is 10.8. The minimum Gasteiger partial charge on any atom is -0.258 e. The lowest BCUT2D eigenvalue weighted by atomic mass is 9.98. The van der Waals surface area contributed by atoms with Gasteiger partial charge in [-0.15, -0.1) is 0 Å². The van der Waals surface area contributed by atoms with E-state index in [-0.39, 0.29) is 16.7 Å². The van der Waals surface area contributed by atoms with E-state index in [1.807, 2.05) is 32.9 Å². The number of rotatable bonds is 2. The van der Waals surface area contributed by atoms with Crippen molar-refractivity contribution in [1.29, 1.82) is 0 Å². The summed E-state index contributed by atoms with van der Waals surface area (Å²) in [4.78, 5) is 18.2. The molecule has 0 fully saturated rings. The van der Waals surface area contributed by atoms with Crippen molar-refractivity contribution in [2.75, 3.05) is 0 Å². The van der Waals surface area contributed by atoms with Crippen LogP contribution < -0.4 is 0 Å². The average molecular weight is 278 g/mol. The predicted molar refractivity (Wildman–Crippen MR) is 73.3 cm³/mol. The van der Waals surface area contributed by atoms with Gasteiger partial charge >= 0.3 is 5.69 Å². The summed E-state index contributed by atoms with van der Waals surface area (Å²) in [5.74, 6) is 0. The largest absolute Gasteiger partial charge is 0.313 e. The molecule has 0 aliphatic rings. The summed E-state index contributed by atoms with van der Waals surface area (Å²) in [6, 6.07) is 3.86. The Kier molecular flexibility index (Phi) is 3.48. The Labute approximate surface area is 115 Å². The van der Waals surface area contributed by atoms with Gasteiger partial charge in [-0.3, -0.25) is 10.1 Å². The third-order valence-electron chi connectivity index (χ3n) is 3.03. The molecule has 98 valence electrons. The molecule has 1 heterocycles. The van der Waals surface area contributed by atoms with E-state index in [9.17, 15) is 10.1 Å². The van der Waals surface area contributed by atoms with Crippen LogP contribution in [0.2, 0.25) is 5.28 Å². The van der Waals surface area contributed by atoms with Crippen LogP contribution in [0.4, 0.5) is 5.69 Å². The highest BCUT2D eigenvalue weighted by molar-refractivity contribution is 6.28. The lowest BCUT2D eigenvalue weighted by Crippen LogP contribution is -1.99. The van der Waals surface area contributed by atoms with Gasteiger partial charge in [-0.1, -0.05) is 6.07 Å². The van der Waals surface area contributed by atoms with E-state index in [0.717, 1.165) is 22.9 Å². The number of aryl methyl sites for hydroxylation is 3. The van der Waals surface area contributed by atoms with E-state index in [1.165, 1.54) is 0 Å². The number of halogens is 1. The number of benzene rings is 1. The molecule has 0 amide bonds. The second-order valence-electron chi connectivity index (χ2n) is 4.38. The maximum absolute atomic E-state index is 11.1. The predicted octanol–water partition coefficient (Wildman–Crippen LogP) is 3.63. The number of hydrogen-bond donors (Lipinski definition) is 0. The molecule has 0 saturated carbocycles. The van der Waals surface area contributed by atoms with Crippen molar-refractivity contribution >= 4 is 17.3 Å². The molecule has 1 aromatic carbocycles. The van der Waals surface area contributed by atoms with Gasteiger partial charge in [-0.05, 0) is 55.1 Å². The number of aromatic nitrogens is 2. The van der Waals surface area contributed by atoms with Gasteiger partial charge in [-0.2, -0.15) is 0 Å². The van der Waals surface area contributed by atoms with Crippen LogP contribution in [0.1, 0.15) is 16.7 Å². The second-order valence-corrected chi connectivity index (χ2v) is 4.72. The van der Waals surface area contributed by atoms with Crippen molar-refractivity contribution < 1.29 is 4.92 Å². The van der Waals surface area contributed by atoms with Gasteiger partial charge in [0.05, 0.1) is 4.92 Å². The maximum Gasteiger partial charge on any atom is 0.313 e. The van der Waals surface area contributed by atoms with E-state index < -0.39 is 4.92 Å². The molecule has 2 rings (SSSR count). The zero-order chi connectivity index (χ0) is 14.2. The molecule has 6 heteroatoms. The molecule has 0 saturated heterocycles. The second kappa shape index (κ2) is 4.93. The van der Waals surface area contributed by atoms with Crippen LogP contribution in [0.5, 0.6) is 0 Å².